The molecular weight excluding hydrogens is 308 g/mol. The van der Waals surface area contributed by atoms with Gasteiger partial charge in [-0.1, -0.05) is 49.7 Å². The van der Waals surface area contributed by atoms with Gasteiger partial charge in [0.25, 0.3) is 0 Å². The number of carbonyl (C=O) groups is 1. The molecule has 2 heteroatoms. The zero-order valence-corrected chi connectivity index (χ0v) is 15.1. The molecule has 1 aliphatic carbocycles. The molecule has 0 radical (unpaired) electrons. The average Bonchev–Trinajstić information content (AvgIpc) is 2.67. The van der Waals surface area contributed by atoms with Crippen molar-refractivity contribution in [1.29, 1.82) is 0 Å². The van der Waals surface area contributed by atoms with E-state index in [1.807, 2.05) is 30.3 Å². The van der Waals surface area contributed by atoms with E-state index in [0.717, 1.165) is 36.1 Å². The lowest BCUT2D eigenvalue weighted by atomic mass is 9.81. The Kier molecular flexibility index (Phi) is 5.70. The van der Waals surface area contributed by atoms with Crippen LogP contribution in [0.3, 0.4) is 0 Å². The van der Waals surface area contributed by atoms with E-state index < -0.39 is 0 Å². The van der Waals surface area contributed by atoms with Gasteiger partial charge in [0.05, 0.1) is 7.11 Å². The van der Waals surface area contributed by atoms with Crippen molar-refractivity contribution in [3.05, 3.63) is 71.3 Å². The third-order valence-electron chi connectivity index (χ3n) is 5.02. The molecule has 25 heavy (non-hydrogen) atoms. The molecule has 0 saturated heterocycles. The zero-order valence-electron chi connectivity index (χ0n) is 15.1. The molecule has 0 heterocycles. The van der Waals surface area contributed by atoms with Crippen LogP contribution in [0.5, 0.6) is 5.75 Å². The van der Waals surface area contributed by atoms with Gasteiger partial charge in [0.1, 0.15) is 5.75 Å². The summed E-state index contributed by atoms with van der Waals surface area (Å²) in [6.45, 7) is 2.21. The van der Waals surface area contributed by atoms with Crippen LogP contribution in [0.4, 0.5) is 0 Å². The Morgan fingerprint density at radius 1 is 1.04 bits per heavy atom. The molecule has 3 rings (SSSR count). The van der Waals surface area contributed by atoms with Crippen LogP contribution in [0, 0.1) is 0 Å². The fraction of sp³-hybridized carbons (Fsp3) is 0.348. The van der Waals surface area contributed by atoms with Gasteiger partial charge >= 0.3 is 0 Å². The Hall–Kier alpha value is -2.35. The first-order valence-electron chi connectivity index (χ1n) is 9.19. The Balaban J connectivity index is 1.72. The van der Waals surface area contributed by atoms with Gasteiger partial charge in [-0.05, 0) is 66.2 Å². The Morgan fingerprint density at radius 2 is 1.76 bits per heavy atom. The summed E-state index contributed by atoms with van der Waals surface area (Å²) in [5.41, 5.74) is 4.80. The van der Waals surface area contributed by atoms with Crippen LogP contribution in [-0.4, -0.2) is 12.9 Å². The van der Waals surface area contributed by atoms with Crippen LogP contribution < -0.4 is 4.74 Å². The molecular formula is C23H26O2. The highest BCUT2D eigenvalue weighted by Gasteiger charge is 2.24. The lowest BCUT2D eigenvalue weighted by Crippen LogP contribution is -2.15. The van der Waals surface area contributed by atoms with E-state index in [2.05, 4.69) is 31.2 Å². The molecule has 0 N–H and O–H groups in total. The van der Waals surface area contributed by atoms with Crippen molar-refractivity contribution in [3.63, 3.8) is 0 Å². The maximum absolute atomic E-state index is 12.6. The normalized spacial score (nSPS) is 17.3. The van der Waals surface area contributed by atoms with Gasteiger partial charge in [-0.2, -0.15) is 0 Å². The van der Waals surface area contributed by atoms with Gasteiger partial charge in [-0.15, -0.1) is 0 Å². The second-order valence-electron chi connectivity index (χ2n) is 6.74. The number of carbonyl (C=O) groups excluding carboxylic acids is 1. The molecule has 2 aromatic carbocycles. The number of hydrogen-bond donors (Lipinski definition) is 0. The van der Waals surface area contributed by atoms with Crippen molar-refractivity contribution >= 4 is 11.4 Å². The molecule has 0 spiro atoms. The van der Waals surface area contributed by atoms with Crippen LogP contribution in [0.1, 0.15) is 55.2 Å². The molecule has 1 unspecified atom stereocenters. The molecule has 130 valence electrons. The smallest absolute Gasteiger partial charge is 0.163 e. The first-order chi connectivity index (χ1) is 12.2. The van der Waals surface area contributed by atoms with Crippen molar-refractivity contribution in [3.8, 4) is 5.75 Å². The summed E-state index contributed by atoms with van der Waals surface area (Å²) >= 11 is 0. The van der Waals surface area contributed by atoms with E-state index in [0.29, 0.717) is 0 Å². The van der Waals surface area contributed by atoms with Crippen LogP contribution in [0.25, 0.3) is 5.57 Å². The zero-order chi connectivity index (χ0) is 17.6. The van der Waals surface area contributed by atoms with Gasteiger partial charge in [0, 0.05) is 5.92 Å². The monoisotopic (exact) mass is 334 g/mol. The maximum Gasteiger partial charge on any atom is 0.163 e. The fourth-order valence-electron chi connectivity index (χ4n) is 3.45. The first-order valence-corrected chi connectivity index (χ1v) is 9.19. The van der Waals surface area contributed by atoms with Crippen LogP contribution in [-0.2, 0) is 11.2 Å². The minimum Gasteiger partial charge on any atom is -0.497 e. The highest BCUT2D eigenvalue weighted by Crippen LogP contribution is 2.34. The van der Waals surface area contributed by atoms with Crippen LogP contribution >= 0.6 is 0 Å². The number of rotatable bonds is 6. The minimum atomic E-state index is -0.0292. The van der Waals surface area contributed by atoms with E-state index >= 15 is 0 Å². The molecule has 0 amide bonds. The molecule has 2 nitrogen and oxygen atoms in total. The van der Waals surface area contributed by atoms with E-state index in [-0.39, 0.29) is 11.7 Å². The van der Waals surface area contributed by atoms with E-state index in [1.165, 1.54) is 24.0 Å². The summed E-state index contributed by atoms with van der Waals surface area (Å²) in [7, 11) is 1.66. The van der Waals surface area contributed by atoms with Crippen LogP contribution in [0.2, 0.25) is 0 Å². The summed E-state index contributed by atoms with van der Waals surface area (Å²) in [4.78, 5) is 12.6. The largest absolute Gasteiger partial charge is 0.497 e. The second-order valence-corrected chi connectivity index (χ2v) is 6.74. The molecule has 1 aliphatic rings. The van der Waals surface area contributed by atoms with E-state index in [1.54, 1.807) is 7.11 Å². The number of ether oxygens (including phenoxy) is 1. The van der Waals surface area contributed by atoms with Gasteiger partial charge in [0.2, 0.25) is 0 Å². The quantitative estimate of drug-likeness (QED) is 0.690. The molecule has 0 aliphatic heterocycles. The standard InChI is InChI=1S/C23H26O2/c1-3-4-5-17-6-8-18(9-7-17)20-12-15-22(23(24)16-20)19-10-13-21(25-2)14-11-19/h6-11,13-14,16,22H,3-5,12,15H2,1-2H3. The van der Waals surface area contributed by atoms with Crippen LogP contribution in [0.15, 0.2) is 54.6 Å². The van der Waals surface area contributed by atoms with Crippen molar-refractivity contribution in [2.75, 3.05) is 7.11 Å². The van der Waals surface area contributed by atoms with Crippen molar-refractivity contribution in [2.24, 2.45) is 0 Å². The molecule has 1 atom stereocenters. The minimum absolute atomic E-state index is 0.0292. The van der Waals surface area contributed by atoms with E-state index in [4.69, 9.17) is 4.74 Å². The first kappa shape index (κ1) is 17.5. The van der Waals surface area contributed by atoms with E-state index in [9.17, 15) is 4.79 Å². The number of ketones is 1. The van der Waals surface area contributed by atoms with Crippen molar-refractivity contribution in [2.45, 2.75) is 44.9 Å². The highest BCUT2D eigenvalue weighted by molar-refractivity contribution is 6.02. The third-order valence-corrected chi connectivity index (χ3v) is 5.02. The van der Waals surface area contributed by atoms with Gasteiger partial charge in [-0.25, -0.2) is 0 Å². The molecule has 0 fully saturated rings. The number of hydrogen-bond acceptors (Lipinski definition) is 2. The van der Waals surface area contributed by atoms with Gasteiger partial charge in [-0.3, -0.25) is 4.79 Å². The number of aryl methyl sites for hydroxylation is 1. The molecule has 0 bridgehead atoms. The van der Waals surface area contributed by atoms with Crippen molar-refractivity contribution < 1.29 is 9.53 Å². The summed E-state index contributed by atoms with van der Waals surface area (Å²) in [6.07, 6.45) is 7.23. The van der Waals surface area contributed by atoms with Gasteiger partial charge < -0.3 is 4.74 Å². The second kappa shape index (κ2) is 8.15. The summed E-state index contributed by atoms with van der Waals surface area (Å²) in [5, 5.41) is 0. The summed E-state index contributed by atoms with van der Waals surface area (Å²) in [6, 6.07) is 16.6. The molecule has 0 aromatic heterocycles. The Labute approximate surface area is 150 Å². The third kappa shape index (κ3) is 4.19. The fourth-order valence-corrected chi connectivity index (χ4v) is 3.45. The lowest BCUT2D eigenvalue weighted by molar-refractivity contribution is -0.116. The Morgan fingerprint density at radius 3 is 2.36 bits per heavy atom. The molecule has 0 saturated carbocycles. The summed E-state index contributed by atoms with van der Waals surface area (Å²) in [5.74, 6) is 1.01. The lowest BCUT2D eigenvalue weighted by Gasteiger charge is -2.21. The number of methoxy groups -OCH3 is 1. The predicted molar refractivity (Wildman–Crippen MR) is 103 cm³/mol. The van der Waals surface area contributed by atoms with Crippen molar-refractivity contribution in [1.82, 2.24) is 0 Å². The SMILES string of the molecule is CCCCc1ccc(C2=CC(=O)C(c3ccc(OC)cc3)CC2)cc1. The van der Waals surface area contributed by atoms with Gasteiger partial charge in [0.15, 0.2) is 5.78 Å². The highest BCUT2D eigenvalue weighted by atomic mass is 16.5. The summed E-state index contributed by atoms with van der Waals surface area (Å²) < 4.78 is 5.20. The maximum atomic E-state index is 12.6. The molecule has 2 aromatic rings. The predicted octanol–water partition coefficient (Wildman–Crippen LogP) is 5.57. The average molecular weight is 334 g/mol. The Bertz CT molecular complexity index is 739. The topological polar surface area (TPSA) is 26.3 Å². The number of allylic oxidation sites excluding steroid dienone is 2. The number of unbranched alkanes of at least 4 members (excludes halogenated alkanes) is 1. The number of benzene rings is 2.